The summed E-state index contributed by atoms with van der Waals surface area (Å²) in [6, 6.07) is 10.1. The van der Waals surface area contributed by atoms with Gasteiger partial charge in [-0.15, -0.1) is 0 Å². The molecule has 0 radical (unpaired) electrons. The van der Waals surface area contributed by atoms with Gasteiger partial charge in [-0.2, -0.15) is 0 Å². The summed E-state index contributed by atoms with van der Waals surface area (Å²) in [6.07, 6.45) is 3.32. The normalized spacial score (nSPS) is 17.0. The van der Waals surface area contributed by atoms with Gasteiger partial charge in [0.15, 0.2) is 0 Å². The van der Waals surface area contributed by atoms with Crippen molar-refractivity contribution in [2.45, 2.75) is 38.7 Å². The lowest BCUT2D eigenvalue weighted by Crippen LogP contribution is -2.38. The Bertz CT molecular complexity index is 498. The summed E-state index contributed by atoms with van der Waals surface area (Å²) in [5.74, 6) is -0.0166. The van der Waals surface area contributed by atoms with Crippen LogP contribution in [0.15, 0.2) is 30.3 Å². The monoisotopic (exact) mass is 318 g/mol. The molecular weight excluding hydrogens is 292 g/mol. The fraction of sp³-hybridized carbons (Fsp3) is 0.556. The molecule has 2 amide bonds. The number of rotatable bonds is 8. The molecule has 23 heavy (non-hydrogen) atoms. The highest BCUT2D eigenvalue weighted by Crippen LogP contribution is 2.13. The Morgan fingerprint density at radius 3 is 2.74 bits per heavy atom. The second kappa shape index (κ2) is 9.30. The Kier molecular flexibility index (Phi) is 7.07. The predicted molar refractivity (Wildman–Crippen MR) is 89.0 cm³/mol. The molecule has 1 aromatic rings. The van der Waals surface area contributed by atoms with E-state index in [0.717, 1.165) is 25.9 Å². The number of hydrogen-bond donors (Lipinski definition) is 1. The molecule has 0 aliphatic carbocycles. The largest absolute Gasteiger partial charge is 0.376 e. The van der Waals surface area contributed by atoms with Gasteiger partial charge in [0, 0.05) is 39.6 Å². The van der Waals surface area contributed by atoms with Crippen LogP contribution in [-0.4, -0.2) is 49.1 Å². The first kappa shape index (κ1) is 17.5. The standard InChI is InChI=1S/C18H26N2O3/c1-15(21)20(14-17-8-5-13-23-17)12-10-18(22)19-11-9-16-6-3-2-4-7-16/h2-4,6-7,17H,5,8-14H2,1H3,(H,19,22). The Labute approximate surface area is 138 Å². The summed E-state index contributed by atoms with van der Waals surface area (Å²) in [5.41, 5.74) is 1.21. The van der Waals surface area contributed by atoms with Crippen LogP contribution in [-0.2, 0) is 20.7 Å². The lowest BCUT2D eigenvalue weighted by Gasteiger charge is -2.23. The van der Waals surface area contributed by atoms with Gasteiger partial charge in [0.25, 0.3) is 0 Å². The molecule has 0 spiro atoms. The summed E-state index contributed by atoms with van der Waals surface area (Å²) in [7, 11) is 0. The zero-order valence-electron chi connectivity index (χ0n) is 13.8. The van der Waals surface area contributed by atoms with Crippen molar-refractivity contribution in [3.63, 3.8) is 0 Å². The van der Waals surface area contributed by atoms with Crippen LogP contribution in [0.25, 0.3) is 0 Å². The Hall–Kier alpha value is -1.88. The third-order valence-electron chi connectivity index (χ3n) is 4.08. The molecule has 0 saturated carbocycles. The van der Waals surface area contributed by atoms with E-state index < -0.39 is 0 Å². The highest BCUT2D eigenvalue weighted by Gasteiger charge is 2.21. The van der Waals surface area contributed by atoms with Crippen molar-refractivity contribution < 1.29 is 14.3 Å². The highest BCUT2D eigenvalue weighted by molar-refractivity contribution is 5.78. The number of carbonyl (C=O) groups is 2. The van der Waals surface area contributed by atoms with Gasteiger partial charge in [-0.3, -0.25) is 9.59 Å². The molecule has 5 heteroatoms. The van der Waals surface area contributed by atoms with E-state index in [1.54, 1.807) is 11.8 Å². The Morgan fingerprint density at radius 2 is 2.09 bits per heavy atom. The van der Waals surface area contributed by atoms with Crippen molar-refractivity contribution in [2.75, 3.05) is 26.2 Å². The van der Waals surface area contributed by atoms with Gasteiger partial charge >= 0.3 is 0 Å². The molecule has 126 valence electrons. The van der Waals surface area contributed by atoms with E-state index in [1.165, 1.54) is 5.56 Å². The molecule has 1 N–H and O–H groups in total. The molecule has 1 saturated heterocycles. The summed E-state index contributed by atoms with van der Waals surface area (Å²) >= 11 is 0. The first-order valence-electron chi connectivity index (χ1n) is 8.33. The van der Waals surface area contributed by atoms with Gasteiger partial charge in [-0.25, -0.2) is 0 Å². The summed E-state index contributed by atoms with van der Waals surface area (Å²) in [6.45, 7) is 3.98. The second-order valence-corrected chi connectivity index (χ2v) is 5.94. The van der Waals surface area contributed by atoms with Crippen LogP contribution in [0.5, 0.6) is 0 Å². The molecule has 1 heterocycles. The molecule has 1 aliphatic heterocycles. The molecule has 0 aromatic heterocycles. The first-order chi connectivity index (χ1) is 11.1. The maximum atomic E-state index is 11.9. The van der Waals surface area contributed by atoms with Gasteiger partial charge in [0.1, 0.15) is 0 Å². The molecular formula is C18H26N2O3. The van der Waals surface area contributed by atoms with Gasteiger partial charge in [-0.1, -0.05) is 30.3 Å². The number of nitrogens with one attached hydrogen (secondary N) is 1. The maximum absolute atomic E-state index is 11.9. The van der Waals surface area contributed by atoms with Crippen LogP contribution in [0.4, 0.5) is 0 Å². The number of ether oxygens (including phenoxy) is 1. The van der Waals surface area contributed by atoms with Gasteiger partial charge in [0.2, 0.25) is 11.8 Å². The van der Waals surface area contributed by atoms with Crippen molar-refractivity contribution in [3.8, 4) is 0 Å². The molecule has 1 atom stereocenters. The second-order valence-electron chi connectivity index (χ2n) is 5.94. The molecule has 5 nitrogen and oxygen atoms in total. The lowest BCUT2D eigenvalue weighted by atomic mass is 10.1. The van der Waals surface area contributed by atoms with E-state index in [0.29, 0.717) is 26.1 Å². The fourth-order valence-corrected chi connectivity index (χ4v) is 2.73. The average molecular weight is 318 g/mol. The molecule has 1 aliphatic rings. The minimum atomic E-state index is -0.0143. The van der Waals surface area contributed by atoms with E-state index in [4.69, 9.17) is 4.74 Å². The number of carbonyl (C=O) groups excluding carboxylic acids is 2. The number of hydrogen-bond acceptors (Lipinski definition) is 3. The smallest absolute Gasteiger partial charge is 0.221 e. The minimum absolute atomic E-state index is 0.00224. The average Bonchev–Trinajstić information content (AvgIpc) is 3.05. The van der Waals surface area contributed by atoms with Gasteiger partial charge < -0.3 is 15.0 Å². The molecule has 1 unspecified atom stereocenters. The number of amides is 2. The quantitative estimate of drug-likeness (QED) is 0.794. The van der Waals surface area contributed by atoms with Crippen LogP contribution in [0, 0.1) is 0 Å². The Balaban J connectivity index is 1.65. The summed E-state index contributed by atoms with van der Waals surface area (Å²) < 4.78 is 5.56. The summed E-state index contributed by atoms with van der Waals surface area (Å²) in [4.78, 5) is 25.3. The third kappa shape index (κ3) is 6.40. The van der Waals surface area contributed by atoms with Crippen molar-refractivity contribution in [2.24, 2.45) is 0 Å². The topological polar surface area (TPSA) is 58.6 Å². The van der Waals surface area contributed by atoms with Crippen molar-refractivity contribution in [1.82, 2.24) is 10.2 Å². The van der Waals surface area contributed by atoms with Crippen LogP contribution in [0.2, 0.25) is 0 Å². The zero-order chi connectivity index (χ0) is 16.5. The molecule has 2 rings (SSSR count). The molecule has 0 bridgehead atoms. The van der Waals surface area contributed by atoms with E-state index in [1.807, 2.05) is 30.3 Å². The van der Waals surface area contributed by atoms with Crippen molar-refractivity contribution in [3.05, 3.63) is 35.9 Å². The van der Waals surface area contributed by atoms with Gasteiger partial charge in [0.05, 0.1) is 6.10 Å². The SMILES string of the molecule is CC(=O)N(CCC(=O)NCCc1ccccc1)CC1CCCO1. The van der Waals surface area contributed by atoms with Crippen LogP contribution in [0.3, 0.4) is 0 Å². The van der Waals surface area contributed by atoms with E-state index in [9.17, 15) is 9.59 Å². The Morgan fingerprint density at radius 1 is 1.30 bits per heavy atom. The van der Waals surface area contributed by atoms with Crippen LogP contribution >= 0.6 is 0 Å². The van der Waals surface area contributed by atoms with E-state index in [2.05, 4.69) is 5.32 Å². The summed E-state index contributed by atoms with van der Waals surface area (Å²) in [5, 5.41) is 2.91. The highest BCUT2D eigenvalue weighted by atomic mass is 16.5. The zero-order valence-corrected chi connectivity index (χ0v) is 13.8. The minimum Gasteiger partial charge on any atom is -0.376 e. The first-order valence-corrected chi connectivity index (χ1v) is 8.33. The van der Waals surface area contributed by atoms with Crippen LogP contribution in [0.1, 0.15) is 31.7 Å². The van der Waals surface area contributed by atoms with E-state index in [-0.39, 0.29) is 17.9 Å². The maximum Gasteiger partial charge on any atom is 0.221 e. The van der Waals surface area contributed by atoms with Crippen molar-refractivity contribution >= 4 is 11.8 Å². The van der Waals surface area contributed by atoms with E-state index >= 15 is 0 Å². The third-order valence-corrected chi connectivity index (χ3v) is 4.08. The molecule has 1 aromatic carbocycles. The fourth-order valence-electron chi connectivity index (χ4n) is 2.73. The number of nitrogens with zero attached hydrogens (tertiary/aromatic N) is 1. The van der Waals surface area contributed by atoms with Crippen molar-refractivity contribution in [1.29, 1.82) is 0 Å². The van der Waals surface area contributed by atoms with Crippen LogP contribution < -0.4 is 5.32 Å². The molecule has 1 fully saturated rings. The number of benzene rings is 1. The predicted octanol–water partition coefficient (Wildman–Crippen LogP) is 1.76. The lowest BCUT2D eigenvalue weighted by molar-refractivity contribution is -0.131. The van der Waals surface area contributed by atoms with Gasteiger partial charge in [-0.05, 0) is 24.8 Å².